The fraction of sp³-hybridized carbons (Fsp3) is 0.250. The van der Waals surface area contributed by atoms with Crippen LogP contribution in [0.15, 0.2) is 23.1 Å². The summed E-state index contributed by atoms with van der Waals surface area (Å²) in [6.07, 6.45) is 0. The van der Waals surface area contributed by atoms with Crippen LogP contribution in [-0.4, -0.2) is 25.4 Å². The SMILES string of the molecule is Cc1cccc(S(=O)(=O)NCO)c1O. The first-order valence-corrected chi connectivity index (χ1v) is 5.36. The maximum absolute atomic E-state index is 11.4. The number of aromatic hydroxyl groups is 1. The second kappa shape index (κ2) is 3.95. The fourth-order valence-electron chi connectivity index (χ4n) is 1.01. The molecule has 0 aliphatic carbocycles. The summed E-state index contributed by atoms with van der Waals surface area (Å²) in [5.74, 6) is -0.298. The molecule has 78 valence electrons. The van der Waals surface area contributed by atoms with E-state index >= 15 is 0 Å². The summed E-state index contributed by atoms with van der Waals surface area (Å²) < 4.78 is 24.6. The predicted molar refractivity (Wildman–Crippen MR) is 50.3 cm³/mol. The third-order valence-electron chi connectivity index (χ3n) is 1.74. The first-order valence-electron chi connectivity index (χ1n) is 3.88. The molecule has 0 aliphatic heterocycles. The Balaban J connectivity index is 3.27. The Morgan fingerprint density at radius 1 is 1.43 bits per heavy atom. The van der Waals surface area contributed by atoms with Crippen LogP contribution in [0, 0.1) is 6.92 Å². The Hall–Kier alpha value is -1.11. The highest BCUT2D eigenvalue weighted by Crippen LogP contribution is 2.25. The predicted octanol–water partition coefficient (Wildman–Crippen LogP) is -0.0713. The van der Waals surface area contributed by atoms with Crippen molar-refractivity contribution in [2.75, 3.05) is 6.73 Å². The molecule has 0 heterocycles. The fourth-order valence-corrected chi connectivity index (χ4v) is 2.01. The average molecular weight is 217 g/mol. The largest absolute Gasteiger partial charge is 0.506 e. The second-order valence-electron chi connectivity index (χ2n) is 2.73. The number of para-hydroxylation sites is 1. The Labute approximate surface area is 82.1 Å². The quantitative estimate of drug-likeness (QED) is 0.618. The van der Waals surface area contributed by atoms with E-state index in [2.05, 4.69) is 0 Å². The van der Waals surface area contributed by atoms with Crippen LogP contribution in [0.1, 0.15) is 5.56 Å². The van der Waals surface area contributed by atoms with E-state index in [1.807, 2.05) is 4.72 Å². The van der Waals surface area contributed by atoms with Crippen molar-refractivity contribution in [2.45, 2.75) is 11.8 Å². The van der Waals surface area contributed by atoms with Gasteiger partial charge in [-0.25, -0.2) is 8.42 Å². The summed E-state index contributed by atoms with van der Waals surface area (Å²) in [7, 11) is -3.81. The summed E-state index contributed by atoms with van der Waals surface area (Å²) in [5.41, 5.74) is 0.464. The number of aliphatic hydroxyl groups is 1. The molecule has 0 radical (unpaired) electrons. The number of rotatable bonds is 3. The van der Waals surface area contributed by atoms with Gasteiger partial charge >= 0.3 is 0 Å². The second-order valence-corrected chi connectivity index (χ2v) is 4.46. The maximum Gasteiger partial charge on any atom is 0.246 e. The number of hydrogen-bond acceptors (Lipinski definition) is 4. The summed E-state index contributed by atoms with van der Waals surface area (Å²) in [5, 5.41) is 17.9. The molecule has 0 fully saturated rings. The number of phenols is 1. The number of phenolic OH excluding ortho intramolecular Hbond substituents is 1. The molecule has 0 spiro atoms. The van der Waals surface area contributed by atoms with Gasteiger partial charge in [-0.1, -0.05) is 12.1 Å². The smallest absolute Gasteiger partial charge is 0.246 e. The zero-order valence-corrected chi connectivity index (χ0v) is 8.37. The van der Waals surface area contributed by atoms with Gasteiger partial charge in [0.05, 0.1) is 0 Å². The topological polar surface area (TPSA) is 86.6 Å². The van der Waals surface area contributed by atoms with Crippen molar-refractivity contribution >= 4 is 10.0 Å². The Morgan fingerprint density at radius 2 is 2.07 bits per heavy atom. The normalized spacial score (nSPS) is 11.6. The lowest BCUT2D eigenvalue weighted by Gasteiger charge is -2.07. The van der Waals surface area contributed by atoms with Crippen molar-refractivity contribution in [1.82, 2.24) is 4.72 Å². The van der Waals surface area contributed by atoms with E-state index in [1.54, 1.807) is 13.0 Å². The number of nitrogens with one attached hydrogen (secondary N) is 1. The molecule has 6 heteroatoms. The van der Waals surface area contributed by atoms with Crippen LogP contribution < -0.4 is 4.72 Å². The van der Waals surface area contributed by atoms with Crippen LogP contribution in [0.25, 0.3) is 0 Å². The molecule has 1 aromatic carbocycles. The van der Waals surface area contributed by atoms with Gasteiger partial charge in [-0.05, 0) is 18.6 Å². The lowest BCUT2D eigenvalue weighted by atomic mass is 10.2. The summed E-state index contributed by atoms with van der Waals surface area (Å²) in [6.45, 7) is 0.892. The van der Waals surface area contributed by atoms with Gasteiger partial charge in [0.15, 0.2) is 0 Å². The van der Waals surface area contributed by atoms with E-state index in [0.29, 0.717) is 5.56 Å². The summed E-state index contributed by atoms with van der Waals surface area (Å²) in [4.78, 5) is -0.230. The lowest BCUT2D eigenvalue weighted by molar-refractivity contribution is 0.288. The van der Waals surface area contributed by atoms with Gasteiger partial charge in [0, 0.05) is 0 Å². The van der Waals surface area contributed by atoms with E-state index in [1.165, 1.54) is 12.1 Å². The minimum Gasteiger partial charge on any atom is -0.506 e. The zero-order valence-electron chi connectivity index (χ0n) is 7.56. The molecule has 0 saturated carbocycles. The first kappa shape index (κ1) is 11.0. The highest BCUT2D eigenvalue weighted by atomic mass is 32.2. The van der Waals surface area contributed by atoms with Crippen LogP contribution in [0.4, 0.5) is 0 Å². The molecule has 0 amide bonds. The third-order valence-corrected chi connectivity index (χ3v) is 3.16. The van der Waals surface area contributed by atoms with Crippen LogP contribution in [0.2, 0.25) is 0 Å². The molecule has 0 atom stereocenters. The minimum atomic E-state index is -3.81. The molecule has 0 aromatic heterocycles. The van der Waals surface area contributed by atoms with Gasteiger partial charge in [0.25, 0.3) is 0 Å². The standard InChI is InChI=1S/C8H11NO4S/c1-6-3-2-4-7(8(6)11)14(12,13)9-5-10/h2-4,9-11H,5H2,1H3. The summed E-state index contributed by atoms with van der Waals surface area (Å²) >= 11 is 0. The van der Waals surface area contributed by atoms with E-state index in [9.17, 15) is 13.5 Å². The Bertz CT molecular complexity index is 427. The van der Waals surface area contributed by atoms with Crippen molar-refractivity contribution < 1.29 is 18.6 Å². The lowest BCUT2D eigenvalue weighted by Crippen LogP contribution is -2.24. The maximum atomic E-state index is 11.4. The van der Waals surface area contributed by atoms with Gasteiger partial charge in [0.1, 0.15) is 17.4 Å². The average Bonchev–Trinajstić information content (AvgIpc) is 2.09. The Kier molecular flexibility index (Phi) is 3.10. The molecule has 0 saturated heterocycles. The van der Waals surface area contributed by atoms with E-state index in [4.69, 9.17) is 5.11 Å². The van der Waals surface area contributed by atoms with Crippen LogP contribution in [0.3, 0.4) is 0 Å². The molecule has 14 heavy (non-hydrogen) atoms. The van der Waals surface area contributed by atoms with Crippen molar-refractivity contribution in [2.24, 2.45) is 0 Å². The van der Waals surface area contributed by atoms with Crippen molar-refractivity contribution in [3.63, 3.8) is 0 Å². The van der Waals surface area contributed by atoms with Crippen molar-refractivity contribution in [3.8, 4) is 5.75 Å². The molecular formula is C8H11NO4S. The van der Waals surface area contributed by atoms with Gasteiger partial charge in [0.2, 0.25) is 10.0 Å². The van der Waals surface area contributed by atoms with E-state index in [0.717, 1.165) is 0 Å². The van der Waals surface area contributed by atoms with E-state index in [-0.39, 0.29) is 10.6 Å². The first-order chi connectivity index (χ1) is 6.49. The number of hydrogen-bond donors (Lipinski definition) is 3. The third kappa shape index (κ3) is 2.03. The molecule has 0 aliphatic rings. The monoisotopic (exact) mass is 217 g/mol. The molecule has 1 rings (SSSR count). The minimum absolute atomic E-state index is 0.230. The van der Waals surface area contributed by atoms with Crippen molar-refractivity contribution in [3.05, 3.63) is 23.8 Å². The zero-order chi connectivity index (χ0) is 10.8. The van der Waals surface area contributed by atoms with Gasteiger partial charge in [-0.2, -0.15) is 4.72 Å². The van der Waals surface area contributed by atoms with Gasteiger partial charge in [-0.15, -0.1) is 0 Å². The van der Waals surface area contributed by atoms with Crippen molar-refractivity contribution in [1.29, 1.82) is 0 Å². The number of sulfonamides is 1. The molecule has 1 aromatic rings. The van der Waals surface area contributed by atoms with Gasteiger partial charge < -0.3 is 10.2 Å². The Morgan fingerprint density at radius 3 is 2.64 bits per heavy atom. The molecule has 3 N–H and O–H groups in total. The number of aliphatic hydroxyl groups excluding tert-OH is 1. The van der Waals surface area contributed by atoms with Crippen LogP contribution in [0.5, 0.6) is 5.75 Å². The number of aryl methyl sites for hydroxylation is 1. The molecular weight excluding hydrogens is 206 g/mol. The highest BCUT2D eigenvalue weighted by molar-refractivity contribution is 7.89. The number of benzene rings is 1. The van der Waals surface area contributed by atoms with Gasteiger partial charge in [-0.3, -0.25) is 0 Å². The highest BCUT2D eigenvalue weighted by Gasteiger charge is 2.18. The molecule has 0 unspecified atom stereocenters. The van der Waals surface area contributed by atoms with Crippen LogP contribution in [-0.2, 0) is 10.0 Å². The van der Waals surface area contributed by atoms with Crippen LogP contribution >= 0.6 is 0 Å². The summed E-state index contributed by atoms with van der Waals surface area (Å²) in [6, 6.07) is 4.37. The molecule has 5 nitrogen and oxygen atoms in total. The molecule has 0 bridgehead atoms. The van der Waals surface area contributed by atoms with E-state index < -0.39 is 16.8 Å².